The van der Waals surface area contributed by atoms with Crippen LogP contribution in [0.2, 0.25) is 0 Å². The number of carboxylic acids is 1. The van der Waals surface area contributed by atoms with Crippen molar-refractivity contribution in [3.05, 3.63) is 69.9 Å². The van der Waals surface area contributed by atoms with E-state index in [1.54, 1.807) is 23.1 Å². The summed E-state index contributed by atoms with van der Waals surface area (Å²) in [6.45, 7) is 0.444. The first kappa shape index (κ1) is 23.1. The van der Waals surface area contributed by atoms with Crippen LogP contribution in [0.3, 0.4) is 0 Å². The van der Waals surface area contributed by atoms with Gasteiger partial charge < -0.3 is 15.1 Å². The van der Waals surface area contributed by atoms with E-state index in [-0.39, 0.29) is 22.4 Å². The van der Waals surface area contributed by atoms with Crippen LogP contribution in [0.4, 0.5) is 8.78 Å². The van der Waals surface area contributed by atoms with Crippen LogP contribution in [0, 0.1) is 0 Å². The van der Waals surface area contributed by atoms with Crippen molar-refractivity contribution in [1.82, 2.24) is 4.90 Å². The minimum absolute atomic E-state index is 0.0392. The SMILES string of the molecule is O=C(O)c1ccc(CCCN2C(=O)CCC[C@@H]2C=C[C@@H](O)C(F)(F)c2ccccc2)s1. The molecular weight excluding hydrogens is 424 g/mol. The number of aliphatic hydroxyl groups excluding tert-OH is 1. The molecule has 31 heavy (non-hydrogen) atoms. The van der Waals surface area contributed by atoms with E-state index in [1.165, 1.54) is 41.7 Å². The van der Waals surface area contributed by atoms with Crippen molar-refractivity contribution in [2.75, 3.05) is 6.54 Å². The van der Waals surface area contributed by atoms with Gasteiger partial charge >= 0.3 is 11.9 Å². The van der Waals surface area contributed by atoms with Crippen molar-refractivity contribution < 1.29 is 28.6 Å². The molecule has 0 bridgehead atoms. The van der Waals surface area contributed by atoms with Gasteiger partial charge in [0, 0.05) is 23.4 Å². The molecule has 1 amide bonds. The molecule has 1 aromatic heterocycles. The number of carbonyl (C=O) groups is 2. The second-order valence-electron chi connectivity index (χ2n) is 7.54. The summed E-state index contributed by atoms with van der Waals surface area (Å²) in [4.78, 5) is 26.3. The van der Waals surface area contributed by atoms with Gasteiger partial charge in [-0.3, -0.25) is 4.79 Å². The molecule has 1 aromatic carbocycles. The maximum Gasteiger partial charge on any atom is 0.345 e. The van der Waals surface area contributed by atoms with E-state index in [0.717, 1.165) is 11.0 Å². The zero-order valence-corrected chi connectivity index (χ0v) is 17.7. The lowest BCUT2D eigenvalue weighted by atomic mass is 9.98. The smallest absolute Gasteiger partial charge is 0.345 e. The van der Waals surface area contributed by atoms with Crippen LogP contribution in [0.15, 0.2) is 54.6 Å². The number of aliphatic hydroxyl groups is 1. The van der Waals surface area contributed by atoms with Gasteiger partial charge in [-0.2, -0.15) is 8.78 Å². The molecule has 2 heterocycles. The number of aromatic carboxylic acids is 1. The summed E-state index contributed by atoms with van der Waals surface area (Å²) in [6.07, 6.45) is 3.60. The number of hydrogen-bond acceptors (Lipinski definition) is 4. The van der Waals surface area contributed by atoms with Gasteiger partial charge in [0.15, 0.2) is 0 Å². The Morgan fingerprint density at radius 2 is 2.00 bits per heavy atom. The summed E-state index contributed by atoms with van der Waals surface area (Å²) in [5.41, 5.74) is -0.264. The van der Waals surface area contributed by atoms with Gasteiger partial charge in [-0.1, -0.05) is 42.5 Å². The molecule has 5 nitrogen and oxygen atoms in total. The number of amides is 1. The van der Waals surface area contributed by atoms with Gasteiger partial charge in [-0.05, 0) is 37.8 Å². The number of carbonyl (C=O) groups excluding carboxylic acids is 1. The number of piperidine rings is 1. The van der Waals surface area contributed by atoms with Crippen LogP contribution < -0.4 is 0 Å². The Kier molecular flexibility index (Phi) is 7.56. The maximum absolute atomic E-state index is 14.5. The molecule has 1 saturated heterocycles. The molecule has 8 heteroatoms. The number of nitrogens with zero attached hydrogens (tertiary/aromatic N) is 1. The average Bonchev–Trinajstić information content (AvgIpc) is 3.23. The predicted molar refractivity (Wildman–Crippen MR) is 114 cm³/mol. The number of benzene rings is 1. The molecule has 0 saturated carbocycles. The Bertz CT molecular complexity index is 929. The topological polar surface area (TPSA) is 77.8 Å². The zero-order valence-electron chi connectivity index (χ0n) is 16.9. The van der Waals surface area contributed by atoms with Crippen molar-refractivity contribution in [3.8, 4) is 0 Å². The third kappa shape index (κ3) is 5.77. The van der Waals surface area contributed by atoms with E-state index in [0.29, 0.717) is 38.6 Å². The summed E-state index contributed by atoms with van der Waals surface area (Å²) < 4.78 is 29.0. The normalized spacial score (nSPS) is 18.5. The summed E-state index contributed by atoms with van der Waals surface area (Å²) >= 11 is 1.21. The molecule has 2 aromatic rings. The first-order valence-electron chi connectivity index (χ1n) is 10.2. The fourth-order valence-electron chi connectivity index (χ4n) is 3.67. The molecule has 0 aliphatic carbocycles. The first-order valence-corrected chi connectivity index (χ1v) is 11.0. The zero-order chi connectivity index (χ0) is 22.4. The Hall–Kier alpha value is -2.58. The predicted octanol–water partition coefficient (Wildman–Crippen LogP) is 4.47. The molecule has 0 radical (unpaired) electrons. The van der Waals surface area contributed by atoms with Crippen LogP contribution in [0.1, 0.15) is 45.8 Å². The molecule has 1 fully saturated rings. The first-order chi connectivity index (χ1) is 14.8. The lowest BCUT2D eigenvalue weighted by Crippen LogP contribution is -2.43. The van der Waals surface area contributed by atoms with Gasteiger partial charge in [0.05, 0.1) is 6.04 Å². The summed E-state index contributed by atoms with van der Waals surface area (Å²) in [5, 5.41) is 19.1. The highest BCUT2D eigenvalue weighted by molar-refractivity contribution is 7.13. The molecular formula is C23H25F2NO4S. The molecule has 2 N–H and O–H groups in total. The highest BCUT2D eigenvalue weighted by atomic mass is 32.1. The number of rotatable bonds is 9. The highest BCUT2D eigenvalue weighted by Gasteiger charge is 2.39. The summed E-state index contributed by atoms with van der Waals surface area (Å²) in [5.74, 6) is -4.43. The van der Waals surface area contributed by atoms with Crippen molar-refractivity contribution in [1.29, 1.82) is 0 Å². The van der Waals surface area contributed by atoms with Crippen LogP contribution in [-0.2, 0) is 17.1 Å². The molecule has 0 spiro atoms. The van der Waals surface area contributed by atoms with Crippen molar-refractivity contribution >= 4 is 23.2 Å². The van der Waals surface area contributed by atoms with Crippen molar-refractivity contribution in [3.63, 3.8) is 0 Å². The molecule has 0 unspecified atom stereocenters. The largest absolute Gasteiger partial charge is 0.477 e. The lowest BCUT2D eigenvalue weighted by Gasteiger charge is -2.34. The van der Waals surface area contributed by atoms with E-state index in [2.05, 4.69) is 0 Å². The van der Waals surface area contributed by atoms with E-state index in [9.17, 15) is 23.5 Å². The van der Waals surface area contributed by atoms with E-state index in [1.807, 2.05) is 0 Å². The highest BCUT2D eigenvalue weighted by Crippen LogP contribution is 2.32. The van der Waals surface area contributed by atoms with Crippen LogP contribution >= 0.6 is 11.3 Å². The third-order valence-corrected chi connectivity index (χ3v) is 6.48. The Morgan fingerprint density at radius 3 is 2.68 bits per heavy atom. The monoisotopic (exact) mass is 449 g/mol. The van der Waals surface area contributed by atoms with Crippen LogP contribution in [0.25, 0.3) is 0 Å². The average molecular weight is 450 g/mol. The number of hydrogen-bond donors (Lipinski definition) is 2. The maximum atomic E-state index is 14.5. The van der Waals surface area contributed by atoms with E-state index < -0.39 is 18.0 Å². The Labute approximate surface area is 183 Å². The van der Waals surface area contributed by atoms with E-state index >= 15 is 0 Å². The number of carboxylic acid groups (broad SMARTS) is 1. The van der Waals surface area contributed by atoms with Crippen LogP contribution in [0.5, 0.6) is 0 Å². The number of likely N-dealkylation sites (tertiary alicyclic amines) is 1. The summed E-state index contributed by atoms with van der Waals surface area (Å²) in [7, 11) is 0. The number of aryl methyl sites for hydroxylation is 1. The fourth-order valence-corrected chi connectivity index (χ4v) is 4.56. The Morgan fingerprint density at radius 1 is 1.26 bits per heavy atom. The minimum atomic E-state index is -3.43. The van der Waals surface area contributed by atoms with Crippen molar-refractivity contribution in [2.24, 2.45) is 0 Å². The molecule has 2 atom stereocenters. The molecule has 3 rings (SSSR count). The fraction of sp³-hybridized carbons (Fsp3) is 0.391. The molecule has 1 aliphatic heterocycles. The second-order valence-corrected chi connectivity index (χ2v) is 8.71. The number of alkyl halides is 2. The van der Waals surface area contributed by atoms with Crippen molar-refractivity contribution in [2.45, 2.75) is 50.2 Å². The standard InChI is InChI=1S/C23H25F2NO4S/c24-23(25,16-6-2-1-3-7-16)20(27)14-11-17-8-4-10-21(28)26(17)15-5-9-18-12-13-19(31-18)22(29)30/h1-3,6-7,11-14,17,20,27H,4-5,8-10,15H2,(H,29,30)/t17-,20-/m1/s1. The second kappa shape index (κ2) is 10.2. The number of thiophene rings is 1. The third-order valence-electron chi connectivity index (χ3n) is 5.35. The molecule has 1 aliphatic rings. The summed E-state index contributed by atoms with van der Waals surface area (Å²) in [6, 6.07) is 10.1. The van der Waals surface area contributed by atoms with Gasteiger partial charge in [0.2, 0.25) is 5.91 Å². The van der Waals surface area contributed by atoms with Gasteiger partial charge in [0.1, 0.15) is 11.0 Å². The lowest BCUT2D eigenvalue weighted by molar-refractivity contribution is -0.135. The Balaban J connectivity index is 1.61. The van der Waals surface area contributed by atoms with Crippen LogP contribution in [-0.4, -0.2) is 45.7 Å². The number of halogens is 2. The van der Waals surface area contributed by atoms with Gasteiger partial charge in [-0.25, -0.2) is 4.79 Å². The molecule has 166 valence electrons. The minimum Gasteiger partial charge on any atom is -0.477 e. The van der Waals surface area contributed by atoms with Gasteiger partial charge in [0.25, 0.3) is 0 Å². The quantitative estimate of drug-likeness (QED) is 0.554. The van der Waals surface area contributed by atoms with E-state index in [4.69, 9.17) is 5.11 Å². The van der Waals surface area contributed by atoms with Gasteiger partial charge in [-0.15, -0.1) is 11.3 Å².